The van der Waals surface area contributed by atoms with Crippen molar-refractivity contribution in [2.45, 2.75) is 31.8 Å². The van der Waals surface area contributed by atoms with Crippen molar-refractivity contribution in [1.82, 2.24) is 10.2 Å². The number of hydrogen-bond donors (Lipinski definition) is 1. The fourth-order valence-corrected chi connectivity index (χ4v) is 3.39. The molecule has 1 unspecified atom stereocenters. The maximum atomic E-state index is 12.2. The Bertz CT molecular complexity index is 483. The molecule has 1 aliphatic heterocycles. The standard InChI is InChI=1S/C16H22N2O2/c1-20-14-9-5-4-8-13(14)16-17-10-15(19)18(16)11-12-6-2-3-7-12/h4-5,8-9,12,16-17H,2-3,6-7,10-11H2,1H3. The van der Waals surface area contributed by atoms with Crippen LogP contribution in [-0.4, -0.2) is 31.0 Å². The highest BCUT2D eigenvalue weighted by atomic mass is 16.5. The van der Waals surface area contributed by atoms with Crippen molar-refractivity contribution in [2.24, 2.45) is 5.92 Å². The molecule has 1 aromatic carbocycles. The fourth-order valence-electron chi connectivity index (χ4n) is 3.39. The van der Waals surface area contributed by atoms with Crippen LogP contribution in [0.5, 0.6) is 5.75 Å². The minimum absolute atomic E-state index is 0.0424. The van der Waals surface area contributed by atoms with E-state index in [9.17, 15) is 4.79 Å². The number of para-hydroxylation sites is 1. The number of ether oxygens (including phenoxy) is 1. The number of amides is 1. The molecule has 1 N–H and O–H groups in total. The summed E-state index contributed by atoms with van der Waals surface area (Å²) in [5, 5.41) is 3.32. The number of nitrogens with zero attached hydrogens (tertiary/aromatic N) is 1. The zero-order chi connectivity index (χ0) is 13.9. The molecule has 20 heavy (non-hydrogen) atoms. The normalized spacial score (nSPS) is 23.6. The number of hydrogen-bond acceptors (Lipinski definition) is 3. The number of rotatable bonds is 4. The Morgan fingerprint density at radius 3 is 2.80 bits per heavy atom. The lowest BCUT2D eigenvalue weighted by Crippen LogP contribution is -2.34. The van der Waals surface area contributed by atoms with Gasteiger partial charge in [0.2, 0.25) is 5.91 Å². The van der Waals surface area contributed by atoms with Crippen LogP contribution in [0, 0.1) is 5.92 Å². The summed E-state index contributed by atoms with van der Waals surface area (Å²) in [4.78, 5) is 14.2. The Morgan fingerprint density at radius 2 is 2.05 bits per heavy atom. The molecule has 2 fully saturated rings. The van der Waals surface area contributed by atoms with Gasteiger partial charge in [0.05, 0.1) is 13.7 Å². The van der Waals surface area contributed by atoms with E-state index in [0.29, 0.717) is 12.5 Å². The van der Waals surface area contributed by atoms with Gasteiger partial charge in [0.25, 0.3) is 0 Å². The average Bonchev–Trinajstić information content (AvgIpc) is 3.11. The summed E-state index contributed by atoms with van der Waals surface area (Å²) in [6.07, 6.45) is 5.07. The lowest BCUT2D eigenvalue weighted by Gasteiger charge is -2.28. The summed E-state index contributed by atoms with van der Waals surface area (Å²) in [7, 11) is 1.68. The van der Waals surface area contributed by atoms with E-state index in [1.807, 2.05) is 29.2 Å². The number of methoxy groups -OCH3 is 1. The van der Waals surface area contributed by atoms with Gasteiger partial charge >= 0.3 is 0 Å². The first-order valence-corrected chi connectivity index (χ1v) is 7.45. The Kier molecular flexibility index (Phi) is 3.92. The van der Waals surface area contributed by atoms with E-state index < -0.39 is 0 Å². The largest absolute Gasteiger partial charge is 0.496 e. The zero-order valence-electron chi connectivity index (χ0n) is 12.0. The first kappa shape index (κ1) is 13.4. The smallest absolute Gasteiger partial charge is 0.238 e. The van der Waals surface area contributed by atoms with Gasteiger partial charge < -0.3 is 9.64 Å². The predicted octanol–water partition coefficient (Wildman–Crippen LogP) is 2.32. The lowest BCUT2D eigenvalue weighted by molar-refractivity contribution is -0.128. The van der Waals surface area contributed by atoms with E-state index in [2.05, 4.69) is 5.32 Å². The van der Waals surface area contributed by atoms with E-state index in [1.165, 1.54) is 25.7 Å². The van der Waals surface area contributed by atoms with Gasteiger partial charge in [-0.25, -0.2) is 0 Å². The molecule has 1 saturated heterocycles. The van der Waals surface area contributed by atoms with Crippen LogP contribution in [-0.2, 0) is 4.79 Å². The van der Waals surface area contributed by atoms with Crippen molar-refractivity contribution < 1.29 is 9.53 Å². The second-order valence-electron chi connectivity index (χ2n) is 5.72. The van der Waals surface area contributed by atoms with Gasteiger partial charge in [0.1, 0.15) is 11.9 Å². The Morgan fingerprint density at radius 1 is 1.30 bits per heavy atom. The Labute approximate surface area is 120 Å². The Balaban J connectivity index is 1.81. The summed E-state index contributed by atoms with van der Waals surface area (Å²) >= 11 is 0. The van der Waals surface area contributed by atoms with Crippen LogP contribution < -0.4 is 10.1 Å². The van der Waals surface area contributed by atoms with Gasteiger partial charge in [-0.05, 0) is 24.8 Å². The van der Waals surface area contributed by atoms with Crippen LogP contribution in [0.2, 0.25) is 0 Å². The first-order chi connectivity index (χ1) is 9.79. The molecule has 1 saturated carbocycles. The van der Waals surface area contributed by atoms with Gasteiger partial charge in [0, 0.05) is 12.1 Å². The first-order valence-electron chi connectivity index (χ1n) is 7.45. The molecular weight excluding hydrogens is 252 g/mol. The number of carbonyl (C=O) groups is 1. The molecule has 0 aromatic heterocycles. The third-order valence-electron chi connectivity index (χ3n) is 4.44. The average molecular weight is 274 g/mol. The van der Waals surface area contributed by atoms with Gasteiger partial charge in [-0.1, -0.05) is 31.0 Å². The predicted molar refractivity (Wildman–Crippen MR) is 77.4 cm³/mol. The Hall–Kier alpha value is -1.55. The van der Waals surface area contributed by atoms with Gasteiger partial charge in [-0.15, -0.1) is 0 Å². The molecule has 4 nitrogen and oxygen atoms in total. The molecule has 0 bridgehead atoms. The maximum absolute atomic E-state index is 12.2. The van der Waals surface area contributed by atoms with Gasteiger partial charge in [0.15, 0.2) is 0 Å². The SMILES string of the molecule is COc1ccccc1C1NCC(=O)N1CC1CCCC1. The van der Waals surface area contributed by atoms with Crippen LogP contribution in [0.25, 0.3) is 0 Å². The minimum Gasteiger partial charge on any atom is -0.496 e. The van der Waals surface area contributed by atoms with Crippen molar-refractivity contribution in [3.8, 4) is 5.75 Å². The molecule has 2 aliphatic rings. The molecule has 1 amide bonds. The van der Waals surface area contributed by atoms with Crippen molar-refractivity contribution >= 4 is 5.91 Å². The second kappa shape index (κ2) is 5.83. The molecule has 1 heterocycles. The van der Waals surface area contributed by atoms with E-state index >= 15 is 0 Å². The minimum atomic E-state index is -0.0424. The summed E-state index contributed by atoms with van der Waals surface area (Å²) in [6.45, 7) is 1.30. The summed E-state index contributed by atoms with van der Waals surface area (Å²) < 4.78 is 5.43. The lowest BCUT2D eigenvalue weighted by atomic mass is 10.1. The van der Waals surface area contributed by atoms with Crippen molar-refractivity contribution in [1.29, 1.82) is 0 Å². The second-order valence-corrected chi connectivity index (χ2v) is 5.72. The van der Waals surface area contributed by atoms with Crippen LogP contribution in [0.1, 0.15) is 37.4 Å². The van der Waals surface area contributed by atoms with E-state index in [0.717, 1.165) is 17.9 Å². The number of carbonyl (C=O) groups excluding carboxylic acids is 1. The molecule has 1 atom stereocenters. The highest BCUT2D eigenvalue weighted by Gasteiger charge is 2.35. The van der Waals surface area contributed by atoms with Gasteiger partial charge in [-0.3, -0.25) is 10.1 Å². The molecular formula is C16H22N2O2. The van der Waals surface area contributed by atoms with Gasteiger partial charge in [-0.2, -0.15) is 0 Å². The number of nitrogens with one attached hydrogen (secondary N) is 1. The zero-order valence-corrected chi connectivity index (χ0v) is 12.0. The highest BCUT2D eigenvalue weighted by Crippen LogP contribution is 2.33. The van der Waals surface area contributed by atoms with E-state index in [4.69, 9.17) is 4.74 Å². The highest BCUT2D eigenvalue weighted by molar-refractivity contribution is 5.81. The van der Waals surface area contributed by atoms with Crippen LogP contribution in [0.3, 0.4) is 0 Å². The monoisotopic (exact) mass is 274 g/mol. The van der Waals surface area contributed by atoms with Crippen LogP contribution >= 0.6 is 0 Å². The number of benzene rings is 1. The summed E-state index contributed by atoms with van der Waals surface area (Å²) in [6, 6.07) is 7.95. The fraction of sp³-hybridized carbons (Fsp3) is 0.562. The molecule has 108 valence electrons. The van der Waals surface area contributed by atoms with E-state index in [-0.39, 0.29) is 12.1 Å². The van der Waals surface area contributed by atoms with Crippen LogP contribution in [0.15, 0.2) is 24.3 Å². The molecule has 0 spiro atoms. The molecule has 3 rings (SSSR count). The molecule has 0 radical (unpaired) electrons. The summed E-state index contributed by atoms with van der Waals surface area (Å²) in [5.74, 6) is 1.71. The molecule has 1 aliphatic carbocycles. The third kappa shape index (κ3) is 2.52. The topological polar surface area (TPSA) is 41.6 Å². The summed E-state index contributed by atoms with van der Waals surface area (Å²) in [5.41, 5.74) is 1.05. The van der Waals surface area contributed by atoms with Crippen molar-refractivity contribution in [3.05, 3.63) is 29.8 Å². The maximum Gasteiger partial charge on any atom is 0.238 e. The van der Waals surface area contributed by atoms with Crippen molar-refractivity contribution in [3.63, 3.8) is 0 Å². The van der Waals surface area contributed by atoms with Crippen molar-refractivity contribution in [2.75, 3.05) is 20.2 Å². The molecule has 1 aromatic rings. The third-order valence-corrected chi connectivity index (χ3v) is 4.44. The molecule has 4 heteroatoms. The quantitative estimate of drug-likeness (QED) is 0.916. The van der Waals surface area contributed by atoms with E-state index in [1.54, 1.807) is 7.11 Å². The van der Waals surface area contributed by atoms with Crippen LogP contribution in [0.4, 0.5) is 0 Å².